The Kier molecular flexibility index (Phi) is 6.23. The third kappa shape index (κ3) is 5.28. The van der Waals surface area contributed by atoms with Crippen LogP contribution in [-0.2, 0) is 19.3 Å². The SMILES string of the molecule is CN=C(NCc1cccc(N2CC=CC2)c1)NCc1cccc(C(F)(F)F)c1. The molecule has 1 heterocycles. The number of benzene rings is 2. The van der Waals surface area contributed by atoms with E-state index in [1.54, 1.807) is 13.1 Å². The normalized spacial score (nSPS) is 14.4. The van der Waals surface area contributed by atoms with Gasteiger partial charge in [0.2, 0.25) is 0 Å². The largest absolute Gasteiger partial charge is 0.416 e. The number of rotatable bonds is 5. The van der Waals surface area contributed by atoms with E-state index < -0.39 is 11.7 Å². The number of halogens is 3. The first-order valence-electron chi connectivity index (χ1n) is 9.05. The van der Waals surface area contributed by atoms with Crippen molar-refractivity contribution in [2.24, 2.45) is 4.99 Å². The molecule has 0 unspecified atom stereocenters. The lowest BCUT2D eigenvalue weighted by atomic mass is 10.1. The van der Waals surface area contributed by atoms with E-state index in [1.165, 1.54) is 6.07 Å². The second kappa shape index (κ2) is 8.82. The zero-order valence-corrected chi connectivity index (χ0v) is 15.6. The van der Waals surface area contributed by atoms with Gasteiger partial charge in [0, 0.05) is 38.9 Å². The van der Waals surface area contributed by atoms with Crippen LogP contribution in [0.2, 0.25) is 0 Å². The van der Waals surface area contributed by atoms with E-state index in [9.17, 15) is 13.2 Å². The first-order valence-corrected chi connectivity index (χ1v) is 9.05. The van der Waals surface area contributed by atoms with Crippen molar-refractivity contribution < 1.29 is 13.2 Å². The number of anilines is 1. The van der Waals surface area contributed by atoms with Crippen LogP contribution in [0.15, 0.2) is 65.7 Å². The fourth-order valence-corrected chi connectivity index (χ4v) is 3.00. The minimum atomic E-state index is -4.34. The Morgan fingerprint density at radius 3 is 2.18 bits per heavy atom. The van der Waals surface area contributed by atoms with Crippen LogP contribution in [0.1, 0.15) is 16.7 Å². The Hall–Kier alpha value is -2.96. The van der Waals surface area contributed by atoms with Gasteiger partial charge in [-0.3, -0.25) is 4.99 Å². The highest BCUT2D eigenvalue weighted by Crippen LogP contribution is 2.29. The summed E-state index contributed by atoms with van der Waals surface area (Å²) < 4.78 is 38.5. The summed E-state index contributed by atoms with van der Waals surface area (Å²) in [6.45, 7) is 2.65. The summed E-state index contributed by atoms with van der Waals surface area (Å²) in [4.78, 5) is 6.41. The molecule has 0 spiro atoms. The molecular weight excluding hydrogens is 365 g/mol. The molecule has 0 atom stereocenters. The Balaban J connectivity index is 1.55. The van der Waals surface area contributed by atoms with Gasteiger partial charge < -0.3 is 15.5 Å². The fraction of sp³-hybridized carbons (Fsp3) is 0.286. The van der Waals surface area contributed by atoms with Gasteiger partial charge in [0.05, 0.1) is 5.56 Å². The van der Waals surface area contributed by atoms with Crippen molar-refractivity contribution in [1.82, 2.24) is 10.6 Å². The van der Waals surface area contributed by atoms with Crippen LogP contribution in [0.25, 0.3) is 0 Å². The molecule has 0 aromatic heterocycles. The second-order valence-electron chi connectivity index (χ2n) is 6.52. The smallest absolute Gasteiger partial charge is 0.364 e. The third-order valence-electron chi connectivity index (χ3n) is 4.49. The van der Waals surface area contributed by atoms with Gasteiger partial charge in [-0.05, 0) is 35.4 Å². The van der Waals surface area contributed by atoms with E-state index in [-0.39, 0.29) is 6.54 Å². The van der Waals surface area contributed by atoms with Crippen molar-refractivity contribution in [2.45, 2.75) is 19.3 Å². The molecule has 0 radical (unpaired) electrons. The minimum Gasteiger partial charge on any atom is -0.364 e. The minimum absolute atomic E-state index is 0.253. The molecule has 7 heteroatoms. The van der Waals surface area contributed by atoms with E-state index >= 15 is 0 Å². The predicted octanol–water partition coefficient (Wildman–Crippen LogP) is 3.95. The molecule has 0 saturated carbocycles. The van der Waals surface area contributed by atoms with Crippen molar-refractivity contribution in [1.29, 1.82) is 0 Å². The molecule has 0 bridgehead atoms. The number of hydrogen-bond donors (Lipinski definition) is 2. The summed E-state index contributed by atoms with van der Waals surface area (Å²) in [5.41, 5.74) is 2.16. The van der Waals surface area contributed by atoms with Crippen LogP contribution in [0, 0.1) is 0 Å². The zero-order chi connectivity index (χ0) is 20.0. The first-order chi connectivity index (χ1) is 13.5. The summed E-state index contributed by atoms with van der Waals surface area (Å²) >= 11 is 0. The van der Waals surface area contributed by atoms with Crippen LogP contribution < -0.4 is 15.5 Å². The molecule has 0 fully saturated rings. The maximum atomic E-state index is 12.8. The monoisotopic (exact) mass is 388 g/mol. The molecule has 148 valence electrons. The van der Waals surface area contributed by atoms with E-state index in [0.29, 0.717) is 18.1 Å². The van der Waals surface area contributed by atoms with Crippen LogP contribution in [0.4, 0.5) is 18.9 Å². The molecule has 1 aliphatic rings. The molecule has 4 nitrogen and oxygen atoms in total. The van der Waals surface area contributed by atoms with Crippen molar-refractivity contribution in [2.75, 3.05) is 25.0 Å². The molecule has 2 N–H and O–H groups in total. The van der Waals surface area contributed by atoms with Gasteiger partial charge >= 0.3 is 6.18 Å². The quantitative estimate of drug-likeness (QED) is 0.463. The summed E-state index contributed by atoms with van der Waals surface area (Å²) in [7, 11) is 1.63. The third-order valence-corrected chi connectivity index (χ3v) is 4.49. The molecule has 2 aromatic carbocycles. The molecule has 1 aliphatic heterocycles. The van der Waals surface area contributed by atoms with E-state index in [1.807, 2.05) is 12.1 Å². The number of hydrogen-bond acceptors (Lipinski definition) is 2. The summed E-state index contributed by atoms with van der Waals surface area (Å²) in [5.74, 6) is 0.533. The number of nitrogens with zero attached hydrogens (tertiary/aromatic N) is 2. The van der Waals surface area contributed by atoms with Crippen molar-refractivity contribution in [3.8, 4) is 0 Å². The number of alkyl halides is 3. The summed E-state index contributed by atoms with van der Waals surface area (Å²) in [6, 6.07) is 13.5. The van der Waals surface area contributed by atoms with Gasteiger partial charge in [0.1, 0.15) is 0 Å². The Morgan fingerprint density at radius 1 is 0.964 bits per heavy atom. The second-order valence-corrected chi connectivity index (χ2v) is 6.52. The molecule has 28 heavy (non-hydrogen) atoms. The lowest BCUT2D eigenvalue weighted by Gasteiger charge is -2.19. The van der Waals surface area contributed by atoms with Gasteiger partial charge in [0.25, 0.3) is 0 Å². The average molecular weight is 388 g/mol. The Morgan fingerprint density at radius 2 is 1.57 bits per heavy atom. The topological polar surface area (TPSA) is 39.7 Å². The maximum absolute atomic E-state index is 12.8. The van der Waals surface area contributed by atoms with Crippen LogP contribution in [0.5, 0.6) is 0 Å². The predicted molar refractivity (Wildman–Crippen MR) is 106 cm³/mol. The molecule has 3 rings (SSSR count). The summed E-state index contributed by atoms with van der Waals surface area (Å²) in [5, 5.41) is 6.26. The maximum Gasteiger partial charge on any atom is 0.416 e. The highest BCUT2D eigenvalue weighted by Gasteiger charge is 2.30. The molecular formula is C21H23F3N4. The van der Waals surface area contributed by atoms with Crippen molar-refractivity contribution in [3.63, 3.8) is 0 Å². The Labute approximate surface area is 162 Å². The van der Waals surface area contributed by atoms with Gasteiger partial charge in [-0.15, -0.1) is 0 Å². The number of guanidine groups is 1. The highest BCUT2D eigenvalue weighted by atomic mass is 19.4. The summed E-state index contributed by atoms with van der Waals surface area (Å²) in [6.07, 6.45) is -0.0548. The first kappa shape index (κ1) is 19.8. The molecule has 0 saturated heterocycles. The van der Waals surface area contributed by atoms with Crippen LogP contribution in [-0.4, -0.2) is 26.1 Å². The van der Waals surface area contributed by atoms with Crippen molar-refractivity contribution in [3.05, 3.63) is 77.4 Å². The van der Waals surface area contributed by atoms with Gasteiger partial charge in [-0.1, -0.05) is 36.4 Å². The van der Waals surface area contributed by atoms with E-state index in [0.717, 1.165) is 36.5 Å². The van der Waals surface area contributed by atoms with Gasteiger partial charge in [0.15, 0.2) is 5.96 Å². The molecule has 2 aromatic rings. The lowest BCUT2D eigenvalue weighted by Crippen LogP contribution is -2.36. The number of aliphatic imine (C=N–C) groups is 1. The van der Waals surface area contributed by atoms with Crippen LogP contribution in [0.3, 0.4) is 0 Å². The lowest BCUT2D eigenvalue weighted by molar-refractivity contribution is -0.137. The number of nitrogens with one attached hydrogen (secondary N) is 2. The standard InChI is InChI=1S/C21H23F3N4/c1-25-20(26-14-16-6-4-8-18(12-16)21(22,23)24)27-15-17-7-5-9-19(13-17)28-10-2-3-11-28/h2-9,12-13H,10-11,14-15H2,1H3,(H2,25,26,27). The van der Waals surface area contributed by atoms with Crippen LogP contribution >= 0.6 is 0 Å². The Bertz CT molecular complexity index is 851. The zero-order valence-electron chi connectivity index (χ0n) is 15.6. The highest BCUT2D eigenvalue weighted by molar-refractivity contribution is 5.79. The fourth-order valence-electron chi connectivity index (χ4n) is 3.00. The van der Waals surface area contributed by atoms with Crippen molar-refractivity contribution >= 4 is 11.6 Å². The van der Waals surface area contributed by atoms with E-state index in [2.05, 4.69) is 44.8 Å². The molecule has 0 amide bonds. The van der Waals surface area contributed by atoms with Gasteiger partial charge in [-0.2, -0.15) is 13.2 Å². The average Bonchev–Trinajstić information content (AvgIpc) is 3.23. The molecule has 0 aliphatic carbocycles. The van der Waals surface area contributed by atoms with E-state index in [4.69, 9.17) is 0 Å². The van der Waals surface area contributed by atoms with Gasteiger partial charge in [-0.25, -0.2) is 0 Å².